The number of halogens is 2. The summed E-state index contributed by atoms with van der Waals surface area (Å²) in [5, 5.41) is 3.25. The van der Waals surface area contributed by atoms with Crippen LogP contribution < -0.4 is 5.32 Å². The van der Waals surface area contributed by atoms with Gasteiger partial charge in [-0.2, -0.15) is 0 Å². The minimum absolute atomic E-state index is 0.108. The Morgan fingerprint density at radius 2 is 1.96 bits per heavy atom. The van der Waals surface area contributed by atoms with Crippen molar-refractivity contribution in [1.82, 2.24) is 10.2 Å². The van der Waals surface area contributed by atoms with E-state index in [1.54, 1.807) is 24.1 Å². The number of nitrogens with one attached hydrogen (secondary N) is 1. The number of amides is 1. The molecule has 3 nitrogen and oxygen atoms in total. The van der Waals surface area contributed by atoms with Crippen molar-refractivity contribution in [2.24, 2.45) is 0 Å². The summed E-state index contributed by atoms with van der Waals surface area (Å²) in [6.45, 7) is 2.95. The molecular formula is C18H20ClFN2O. The molecule has 0 heterocycles. The average molecular weight is 335 g/mol. The highest BCUT2D eigenvalue weighted by Gasteiger charge is 2.12. The van der Waals surface area contributed by atoms with E-state index in [2.05, 4.69) is 5.32 Å². The minimum atomic E-state index is -0.357. The van der Waals surface area contributed by atoms with Crippen LogP contribution in [0.2, 0.25) is 5.02 Å². The molecule has 5 heteroatoms. The number of nitrogens with zero attached hydrogens (tertiary/aromatic N) is 1. The first-order chi connectivity index (χ1) is 11.0. The van der Waals surface area contributed by atoms with Crippen molar-refractivity contribution in [3.8, 4) is 0 Å². The van der Waals surface area contributed by atoms with Crippen LogP contribution in [0.1, 0.15) is 16.7 Å². The van der Waals surface area contributed by atoms with Gasteiger partial charge in [0.1, 0.15) is 5.82 Å². The molecule has 2 aromatic rings. The Bertz CT molecular complexity index is 670. The van der Waals surface area contributed by atoms with Crippen molar-refractivity contribution in [2.75, 3.05) is 13.6 Å². The largest absolute Gasteiger partial charge is 0.351 e. The third-order valence-electron chi connectivity index (χ3n) is 3.64. The molecule has 0 aromatic heterocycles. The summed E-state index contributed by atoms with van der Waals surface area (Å²) >= 11 is 6.00. The Hall–Kier alpha value is -1.91. The normalized spacial score (nSPS) is 10.8. The maximum atomic E-state index is 13.8. The first kappa shape index (κ1) is 17.4. The molecule has 1 N–H and O–H groups in total. The highest BCUT2D eigenvalue weighted by Crippen LogP contribution is 2.20. The van der Waals surface area contributed by atoms with Crippen molar-refractivity contribution in [3.63, 3.8) is 0 Å². The maximum absolute atomic E-state index is 13.8. The van der Waals surface area contributed by atoms with Gasteiger partial charge in [0, 0.05) is 23.7 Å². The summed E-state index contributed by atoms with van der Waals surface area (Å²) in [6.07, 6.45) is 0. The van der Waals surface area contributed by atoms with E-state index in [0.717, 1.165) is 11.1 Å². The third-order valence-corrected chi connectivity index (χ3v) is 3.99. The van der Waals surface area contributed by atoms with E-state index >= 15 is 0 Å². The molecule has 0 unspecified atom stereocenters. The number of likely N-dealkylation sites (N-methyl/N-ethyl adjacent to an activating group) is 1. The van der Waals surface area contributed by atoms with Gasteiger partial charge in [0.15, 0.2) is 0 Å². The molecule has 2 rings (SSSR count). The number of carbonyl (C=O) groups is 1. The van der Waals surface area contributed by atoms with Gasteiger partial charge >= 0.3 is 0 Å². The molecule has 0 aliphatic rings. The Kier molecular flexibility index (Phi) is 6.13. The summed E-state index contributed by atoms with van der Waals surface area (Å²) in [5.41, 5.74) is 2.63. The topological polar surface area (TPSA) is 32.3 Å². The molecule has 0 atom stereocenters. The maximum Gasteiger partial charge on any atom is 0.234 e. The number of benzene rings is 2. The monoisotopic (exact) mass is 334 g/mol. The van der Waals surface area contributed by atoms with Crippen molar-refractivity contribution in [1.29, 1.82) is 0 Å². The summed E-state index contributed by atoms with van der Waals surface area (Å²) in [5.74, 6) is -0.465. The molecule has 0 aliphatic heterocycles. The lowest BCUT2D eigenvalue weighted by Gasteiger charge is -2.18. The molecule has 2 aromatic carbocycles. The van der Waals surface area contributed by atoms with Crippen molar-refractivity contribution in [3.05, 3.63) is 70.0 Å². The molecule has 0 spiro atoms. The van der Waals surface area contributed by atoms with E-state index in [1.807, 2.05) is 31.2 Å². The van der Waals surface area contributed by atoms with E-state index < -0.39 is 0 Å². The van der Waals surface area contributed by atoms with Gasteiger partial charge < -0.3 is 5.32 Å². The number of rotatable bonds is 6. The summed E-state index contributed by atoms with van der Waals surface area (Å²) in [6, 6.07) is 12.5. The molecule has 0 saturated heterocycles. The van der Waals surface area contributed by atoms with Gasteiger partial charge in [-0.1, -0.05) is 41.9 Å². The first-order valence-corrected chi connectivity index (χ1v) is 7.78. The lowest BCUT2D eigenvalue weighted by atomic mass is 10.1. The molecule has 0 bridgehead atoms. The molecule has 0 aliphatic carbocycles. The van der Waals surface area contributed by atoms with Crippen LogP contribution in [0.5, 0.6) is 0 Å². The summed E-state index contributed by atoms with van der Waals surface area (Å²) < 4.78 is 13.8. The van der Waals surface area contributed by atoms with E-state index in [4.69, 9.17) is 11.6 Å². The molecule has 23 heavy (non-hydrogen) atoms. The second kappa shape index (κ2) is 8.09. The molecule has 0 saturated carbocycles. The smallest absolute Gasteiger partial charge is 0.234 e. The van der Waals surface area contributed by atoms with Gasteiger partial charge in [0.25, 0.3) is 0 Å². The van der Waals surface area contributed by atoms with Crippen LogP contribution in [0.3, 0.4) is 0 Å². The van der Waals surface area contributed by atoms with Crippen LogP contribution >= 0.6 is 11.6 Å². The standard InChI is InChI=1S/C18H20ClFN2O/c1-13-6-3-4-7-14(13)10-21-18(23)12-22(2)11-15-16(19)8-5-9-17(15)20/h3-9H,10-12H2,1-2H3,(H,21,23). The quantitative estimate of drug-likeness (QED) is 0.876. The first-order valence-electron chi connectivity index (χ1n) is 7.40. The highest BCUT2D eigenvalue weighted by atomic mass is 35.5. The SMILES string of the molecule is Cc1ccccc1CNC(=O)CN(C)Cc1c(F)cccc1Cl. The molecular weight excluding hydrogens is 315 g/mol. The Balaban J connectivity index is 1.86. The molecule has 0 fully saturated rings. The zero-order valence-corrected chi connectivity index (χ0v) is 14.0. The fourth-order valence-electron chi connectivity index (χ4n) is 2.31. The Morgan fingerprint density at radius 1 is 1.22 bits per heavy atom. The van der Waals surface area contributed by atoms with E-state index in [1.165, 1.54) is 6.07 Å². The number of aryl methyl sites for hydroxylation is 1. The molecule has 122 valence electrons. The van der Waals surface area contributed by atoms with Gasteiger partial charge in [-0.15, -0.1) is 0 Å². The zero-order chi connectivity index (χ0) is 16.8. The van der Waals surface area contributed by atoms with Crippen LogP contribution in [0, 0.1) is 12.7 Å². The predicted octanol–water partition coefficient (Wildman–Crippen LogP) is 3.54. The molecule has 1 amide bonds. The lowest BCUT2D eigenvalue weighted by Crippen LogP contribution is -2.34. The van der Waals surface area contributed by atoms with Crippen molar-refractivity contribution >= 4 is 17.5 Å². The number of carbonyl (C=O) groups excluding carboxylic acids is 1. The average Bonchev–Trinajstić information content (AvgIpc) is 2.50. The number of hydrogen-bond acceptors (Lipinski definition) is 2. The fraction of sp³-hybridized carbons (Fsp3) is 0.278. The summed E-state index contributed by atoms with van der Waals surface area (Å²) in [7, 11) is 1.76. The van der Waals surface area contributed by atoms with Crippen molar-refractivity contribution in [2.45, 2.75) is 20.0 Å². The van der Waals surface area contributed by atoms with Gasteiger partial charge in [-0.3, -0.25) is 9.69 Å². The minimum Gasteiger partial charge on any atom is -0.351 e. The number of hydrogen-bond donors (Lipinski definition) is 1. The second-order valence-corrected chi connectivity index (χ2v) is 5.98. The van der Waals surface area contributed by atoms with E-state index in [-0.39, 0.29) is 24.8 Å². The van der Waals surface area contributed by atoms with Gasteiger partial charge in [-0.05, 0) is 37.2 Å². The van der Waals surface area contributed by atoms with Crippen LogP contribution in [-0.2, 0) is 17.9 Å². The van der Waals surface area contributed by atoms with Gasteiger partial charge in [-0.25, -0.2) is 4.39 Å². The van der Waals surface area contributed by atoms with Crippen LogP contribution in [0.25, 0.3) is 0 Å². The second-order valence-electron chi connectivity index (χ2n) is 5.58. The Labute approximate surface area is 141 Å². The van der Waals surface area contributed by atoms with E-state index in [0.29, 0.717) is 17.1 Å². The van der Waals surface area contributed by atoms with E-state index in [9.17, 15) is 9.18 Å². The Morgan fingerprint density at radius 3 is 2.65 bits per heavy atom. The zero-order valence-electron chi connectivity index (χ0n) is 13.3. The van der Waals surface area contributed by atoms with Crippen LogP contribution in [0.4, 0.5) is 4.39 Å². The molecule has 0 radical (unpaired) electrons. The van der Waals surface area contributed by atoms with Crippen LogP contribution in [0.15, 0.2) is 42.5 Å². The van der Waals surface area contributed by atoms with Crippen molar-refractivity contribution < 1.29 is 9.18 Å². The van der Waals surface area contributed by atoms with Gasteiger partial charge in [0.05, 0.1) is 6.54 Å². The predicted molar refractivity (Wildman–Crippen MR) is 90.8 cm³/mol. The highest BCUT2D eigenvalue weighted by molar-refractivity contribution is 6.31. The summed E-state index contributed by atoms with van der Waals surface area (Å²) in [4.78, 5) is 13.8. The lowest BCUT2D eigenvalue weighted by molar-refractivity contribution is -0.122. The fourth-order valence-corrected chi connectivity index (χ4v) is 2.54. The van der Waals surface area contributed by atoms with Gasteiger partial charge in [0.2, 0.25) is 5.91 Å². The van der Waals surface area contributed by atoms with Crippen LogP contribution in [-0.4, -0.2) is 24.4 Å². The third kappa shape index (κ3) is 5.05.